The summed E-state index contributed by atoms with van der Waals surface area (Å²) in [5.74, 6) is -0.147. The van der Waals surface area contributed by atoms with Gasteiger partial charge < -0.3 is 14.8 Å². The van der Waals surface area contributed by atoms with Crippen molar-refractivity contribution in [3.05, 3.63) is 83.9 Å². The Hall–Kier alpha value is -4.26. The van der Waals surface area contributed by atoms with Gasteiger partial charge in [0.05, 0.1) is 24.8 Å². The van der Waals surface area contributed by atoms with Gasteiger partial charge in [0.25, 0.3) is 0 Å². The van der Waals surface area contributed by atoms with Gasteiger partial charge in [0.2, 0.25) is 0 Å². The topological polar surface area (TPSA) is 90.4 Å². The van der Waals surface area contributed by atoms with Crippen molar-refractivity contribution in [3.63, 3.8) is 0 Å². The molecular weight excluding hydrogens is 406 g/mol. The van der Waals surface area contributed by atoms with Crippen LogP contribution in [0.3, 0.4) is 0 Å². The second-order valence-corrected chi connectivity index (χ2v) is 6.93. The monoisotopic (exact) mass is 427 g/mol. The summed E-state index contributed by atoms with van der Waals surface area (Å²) in [6.07, 6.45) is 0. The second kappa shape index (κ2) is 9.26. The fourth-order valence-electron chi connectivity index (χ4n) is 3.33. The Balaban J connectivity index is 1.66. The second-order valence-electron chi connectivity index (χ2n) is 6.93. The Bertz CT molecular complexity index is 1270. The summed E-state index contributed by atoms with van der Waals surface area (Å²) >= 11 is 0. The maximum absolute atomic E-state index is 11.9. The van der Waals surface area contributed by atoms with Gasteiger partial charge in [0.15, 0.2) is 5.82 Å². The van der Waals surface area contributed by atoms with Crippen LogP contribution >= 0.6 is 0 Å². The highest BCUT2D eigenvalue weighted by Crippen LogP contribution is 2.31. The lowest BCUT2D eigenvalue weighted by Gasteiger charge is -2.12. The van der Waals surface area contributed by atoms with Crippen LogP contribution in [0.25, 0.3) is 22.0 Å². The van der Waals surface area contributed by atoms with Crippen molar-refractivity contribution < 1.29 is 19.1 Å². The lowest BCUT2D eigenvalue weighted by atomic mass is 10.0. The number of nitrogens with zero attached hydrogens (tertiary/aromatic N) is 2. The first kappa shape index (κ1) is 21.0. The average Bonchev–Trinajstić information content (AvgIpc) is 2.84. The van der Waals surface area contributed by atoms with Crippen molar-refractivity contribution in [1.29, 1.82) is 0 Å². The molecule has 4 rings (SSSR count). The molecule has 0 amide bonds. The van der Waals surface area contributed by atoms with Crippen LogP contribution in [0.5, 0.6) is 0 Å². The molecule has 1 N–H and O–H groups in total. The van der Waals surface area contributed by atoms with E-state index in [-0.39, 0.29) is 11.9 Å². The number of methoxy groups -OCH3 is 1. The van der Waals surface area contributed by atoms with Crippen molar-refractivity contribution in [2.24, 2.45) is 0 Å². The van der Waals surface area contributed by atoms with Crippen molar-refractivity contribution >= 4 is 34.2 Å². The molecule has 0 saturated carbocycles. The molecule has 1 aromatic heterocycles. The first-order chi connectivity index (χ1) is 15.6. The van der Waals surface area contributed by atoms with Gasteiger partial charge in [-0.2, -0.15) is 0 Å². The smallest absolute Gasteiger partial charge is 0.338 e. The molecule has 4 aromatic rings. The van der Waals surface area contributed by atoms with E-state index in [9.17, 15) is 9.59 Å². The summed E-state index contributed by atoms with van der Waals surface area (Å²) in [7, 11) is 1.35. The van der Waals surface area contributed by atoms with Crippen LogP contribution in [0.4, 0.5) is 11.5 Å². The summed E-state index contributed by atoms with van der Waals surface area (Å²) in [6.45, 7) is 2.10. The Morgan fingerprint density at radius 2 is 1.44 bits per heavy atom. The van der Waals surface area contributed by atoms with Crippen LogP contribution in [0.1, 0.15) is 27.6 Å². The molecule has 0 saturated heterocycles. The summed E-state index contributed by atoms with van der Waals surface area (Å²) in [6, 6.07) is 21.9. The molecular formula is C25H21N3O4. The average molecular weight is 427 g/mol. The molecule has 0 radical (unpaired) electrons. The minimum Gasteiger partial charge on any atom is -0.465 e. The first-order valence-corrected chi connectivity index (χ1v) is 10.1. The van der Waals surface area contributed by atoms with Crippen molar-refractivity contribution in [3.8, 4) is 11.3 Å². The third-order valence-corrected chi connectivity index (χ3v) is 4.93. The number of nitrogens with one attached hydrogen (secondary N) is 1. The molecule has 1 heterocycles. The van der Waals surface area contributed by atoms with E-state index in [1.807, 2.05) is 36.4 Å². The summed E-state index contributed by atoms with van der Waals surface area (Å²) in [5.41, 5.74) is 3.28. The normalized spacial score (nSPS) is 10.6. The molecule has 0 aliphatic heterocycles. The molecule has 0 bridgehead atoms. The number of esters is 2. The van der Waals surface area contributed by atoms with Crippen LogP contribution in [-0.2, 0) is 9.47 Å². The van der Waals surface area contributed by atoms with Crippen LogP contribution in [0.15, 0.2) is 72.8 Å². The number of fused-ring (bicyclic) bond motifs is 1. The minimum absolute atomic E-state index is 0.330. The van der Waals surface area contributed by atoms with E-state index < -0.39 is 0 Å². The Labute approximate surface area is 185 Å². The summed E-state index contributed by atoms with van der Waals surface area (Å²) < 4.78 is 9.77. The molecule has 0 aliphatic rings. The van der Waals surface area contributed by atoms with E-state index in [4.69, 9.17) is 9.47 Å². The van der Waals surface area contributed by atoms with Crippen LogP contribution in [0, 0.1) is 0 Å². The van der Waals surface area contributed by atoms with Crippen LogP contribution in [0.2, 0.25) is 0 Å². The fourth-order valence-corrected chi connectivity index (χ4v) is 3.33. The quantitative estimate of drug-likeness (QED) is 0.433. The molecule has 3 aromatic carbocycles. The van der Waals surface area contributed by atoms with Crippen LogP contribution < -0.4 is 5.32 Å². The molecule has 160 valence electrons. The predicted octanol–water partition coefficient (Wildman–Crippen LogP) is 5.00. The zero-order valence-corrected chi connectivity index (χ0v) is 17.7. The number of aromatic nitrogens is 2. The van der Waals surface area contributed by atoms with Gasteiger partial charge in [-0.1, -0.05) is 36.4 Å². The number of hydrogen-bond acceptors (Lipinski definition) is 7. The zero-order chi connectivity index (χ0) is 22.5. The third kappa shape index (κ3) is 4.27. The van der Waals surface area contributed by atoms with Crippen molar-refractivity contribution in [1.82, 2.24) is 10.2 Å². The molecule has 0 fully saturated rings. The molecule has 7 heteroatoms. The van der Waals surface area contributed by atoms with E-state index in [2.05, 4.69) is 15.5 Å². The number of carbonyl (C=O) groups excluding carboxylic acids is 2. The third-order valence-electron chi connectivity index (χ3n) is 4.93. The lowest BCUT2D eigenvalue weighted by molar-refractivity contribution is 0.0525. The van der Waals surface area contributed by atoms with E-state index in [1.165, 1.54) is 7.11 Å². The molecule has 0 atom stereocenters. The van der Waals surface area contributed by atoms with E-state index in [0.29, 0.717) is 29.2 Å². The summed E-state index contributed by atoms with van der Waals surface area (Å²) in [4.78, 5) is 23.5. The van der Waals surface area contributed by atoms with Gasteiger partial charge in [-0.15, -0.1) is 10.2 Å². The van der Waals surface area contributed by atoms with Gasteiger partial charge in [0.1, 0.15) is 5.69 Å². The van der Waals surface area contributed by atoms with Crippen LogP contribution in [-0.4, -0.2) is 35.9 Å². The fraction of sp³-hybridized carbons (Fsp3) is 0.120. The maximum atomic E-state index is 11.9. The van der Waals surface area contributed by atoms with E-state index >= 15 is 0 Å². The molecule has 32 heavy (non-hydrogen) atoms. The highest BCUT2D eigenvalue weighted by atomic mass is 16.5. The molecule has 0 unspecified atom stereocenters. The molecule has 0 aliphatic carbocycles. The molecule has 7 nitrogen and oxygen atoms in total. The van der Waals surface area contributed by atoms with Gasteiger partial charge in [0, 0.05) is 22.0 Å². The highest BCUT2D eigenvalue weighted by molar-refractivity contribution is 6.01. The maximum Gasteiger partial charge on any atom is 0.338 e. The Morgan fingerprint density at radius 3 is 2.09 bits per heavy atom. The SMILES string of the molecule is CCOC(=O)c1ccc(-c2nnc(Nc3ccc(C(=O)OC)cc3)c3ccccc23)cc1. The number of ether oxygens (including phenoxy) is 2. The van der Waals surface area contributed by atoms with Crippen molar-refractivity contribution in [2.45, 2.75) is 6.92 Å². The first-order valence-electron chi connectivity index (χ1n) is 10.1. The van der Waals surface area contributed by atoms with Gasteiger partial charge in [-0.3, -0.25) is 0 Å². The largest absolute Gasteiger partial charge is 0.465 e. The van der Waals surface area contributed by atoms with Gasteiger partial charge >= 0.3 is 11.9 Å². The van der Waals surface area contributed by atoms with E-state index in [1.54, 1.807) is 43.3 Å². The minimum atomic E-state index is -0.389. The highest BCUT2D eigenvalue weighted by Gasteiger charge is 2.13. The zero-order valence-electron chi connectivity index (χ0n) is 17.7. The van der Waals surface area contributed by atoms with E-state index in [0.717, 1.165) is 22.0 Å². The molecule has 0 spiro atoms. The number of carbonyl (C=O) groups is 2. The lowest BCUT2D eigenvalue weighted by Crippen LogP contribution is -2.04. The standard InChI is InChI=1S/C25H21N3O4/c1-3-32-25(30)18-10-8-16(9-11-18)22-20-6-4-5-7-21(20)23(28-27-22)26-19-14-12-17(13-15-19)24(29)31-2/h4-15H,3H2,1-2H3,(H,26,28). The predicted molar refractivity (Wildman–Crippen MR) is 122 cm³/mol. The number of rotatable bonds is 6. The number of anilines is 2. The van der Waals surface area contributed by atoms with Gasteiger partial charge in [-0.05, 0) is 43.3 Å². The Kier molecular flexibility index (Phi) is 6.07. The van der Waals surface area contributed by atoms with Crippen molar-refractivity contribution in [2.75, 3.05) is 19.0 Å². The number of benzene rings is 3. The summed E-state index contributed by atoms with van der Waals surface area (Å²) in [5, 5.41) is 13.9. The Morgan fingerprint density at radius 1 is 0.812 bits per heavy atom. The van der Waals surface area contributed by atoms with Gasteiger partial charge in [-0.25, -0.2) is 9.59 Å². The number of hydrogen-bond donors (Lipinski definition) is 1.